The maximum atomic E-state index is 13.2. The van der Waals surface area contributed by atoms with Crippen molar-refractivity contribution in [3.8, 4) is 0 Å². The van der Waals surface area contributed by atoms with E-state index in [1.807, 2.05) is 26.0 Å². The molecule has 0 spiro atoms. The predicted octanol–water partition coefficient (Wildman–Crippen LogP) is 4.37. The van der Waals surface area contributed by atoms with Crippen molar-refractivity contribution in [3.63, 3.8) is 0 Å². The number of aryl methyl sites for hydroxylation is 2. The van der Waals surface area contributed by atoms with Crippen LogP contribution < -0.4 is 0 Å². The number of hydrogen-bond donors (Lipinski definition) is 0. The molecule has 25 heavy (non-hydrogen) atoms. The third-order valence-electron chi connectivity index (χ3n) is 4.16. The van der Waals surface area contributed by atoms with Crippen molar-refractivity contribution in [1.82, 2.24) is 4.31 Å². The summed E-state index contributed by atoms with van der Waals surface area (Å²) in [6, 6.07) is 11.7. The maximum Gasteiger partial charge on any atom is 0.232 e. The molecule has 0 saturated carbocycles. The maximum absolute atomic E-state index is 13.2. The van der Waals surface area contributed by atoms with Crippen LogP contribution in [0.15, 0.2) is 51.1 Å². The van der Waals surface area contributed by atoms with Gasteiger partial charge in [-0.15, -0.1) is 12.1 Å². The first kappa shape index (κ1) is 18.7. The van der Waals surface area contributed by atoms with Crippen molar-refractivity contribution in [1.29, 1.82) is 0 Å². The van der Waals surface area contributed by atoms with Crippen LogP contribution in [-0.4, -0.2) is 37.3 Å². The van der Waals surface area contributed by atoms with Gasteiger partial charge in [-0.1, -0.05) is 23.9 Å². The first-order valence-electron chi connectivity index (χ1n) is 8.17. The van der Waals surface area contributed by atoms with Gasteiger partial charge in [-0.3, -0.25) is 0 Å². The number of thioether (sulfide) groups is 1. The minimum atomic E-state index is -3.50. The molecule has 1 heterocycles. The first-order valence-corrected chi connectivity index (χ1v) is 11.6. The molecule has 0 atom stereocenters. The zero-order chi connectivity index (χ0) is 18.0. The first-order chi connectivity index (χ1) is 11.9. The Morgan fingerprint density at radius 1 is 1.04 bits per heavy atom. The SMILES string of the molecule is [CH2-]c1ccc(Sc2cc(C)ccc2C)c(S(=O)(=O)N2CCSCC2)c1. The summed E-state index contributed by atoms with van der Waals surface area (Å²) < 4.78 is 28.0. The van der Waals surface area contributed by atoms with E-state index >= 15 is 0 Å². The topological polar surface area (TPSA) is 37.4 Å². The van der Waals surface area contributed by atoms with Crippen molar-refractivity contribution in [2.24, 2.45) is 0 Å². The zero-order valence-corrected chi connectivity index (χ0v) is 16.9. The van der Waals surface area contributed by atoms with Gasteiger partial charge in [-0.25, -0.2) is 8.42 Å². The smallest absolute Gasteiger partial charge is 0.208 e. The van der Waals surface area contributed by atoms with Gasteiger partial charge in [0.2, 0.25) is 10.0 Å². The minimum absolute atomic E-state index is 0.373. The Balaban J connectivity index is 2.02. The molecule has 0 unspecified atom stereocenters. The Bertz CT molecular complexity index is 872. The van der Waals surface area contributed by atoms with Crippen molar-refractivity contribution >= 4 is 33.5 Å². The van der Waals surface area contributed by atoms with E-state index in [2.05, 4.69) is 25.1 Å². The van der Waals surface area contributed by atoms with Crippen LogP contribution in [0.5, 0.6) is 0 Å². The standard InChI is InChI=1S/C19H22NO2S3/c1-14-4-6-16(3)18(12-14)24-17-7-5-15(2)13-19(17)25(21,22)20-8-10-23-11-9-20/h4-7,12-13H,2,8-11H2,1,3H3/q-1. The van der Waals surface area contributed by atoms with Gasteiger partial charge in [0, 0.05) is 39.3 Å². The number of sulfonamides is 1. The Kier molecular flexibility index (Phi) is 5.73. The van der Waals surface area contributed by atoms with E-state index in [1.165, 1.54) is 17.3 Å². The largest absolute Gasteiger partial charge is 0.232 e. The molecule has 0 N–H and O–H groups in total. The van der Waals surface area contributed by atoms with Crippen LogP contribution in [-0.2, 0) is 10.0 Å². The number of benzene rings is 2. The van der Waals surface area contributed by atoms with Crippen LogP contribution in [0.25, 0.3) is 0 Å². The summed E-state index contributed by atoms with van der Waals surface area (Å²) in [4.78, 5) is 2.22. The number of hydrogen-bond acceptors (Lipinski definition) is 4. The molecule has 1 aliphatic rings. The fourth-order valence-corrected chi connectivity index (χ4v) is 6.85. The molecule has 0 radical (unpaired) electrons. The lowest BCUT2D eigenvalue weighted by molar-refractivity contribution is 0.442. The van der Waals surface area contributed by atoms with Crippen LogP contribution in [0.3, 0.4) is 0 Å². The fraction of sp³-hybridized carbons (Fsp3) is 0.316. The molecular weight excluding hydrogens is 370 g/mol. The predicted molar refractivity (Wildman–Crippen MR) is 107 cm³/mol. The average molecular weight is 393 g/mol. The summed E-state index contributed by atoms with van der Waals surface area (Å²) in [5.41, 5.74) is 3.03. The molecule has 1 saturated heterocycles. The number of nitrogens with zero attached hydrogens (tertiary/aromatic N) is 1. The van der Waals surface area contributed by atoms with Crippen molar-refractivity contribution in [2.45, 2.75) is 28.5 Å². The second-order valence-electron chi connectivity index (χ2n) is 6.17. The van der Waals surface area contributed by atoms with E-state index in [0.29, 0.717) is 18.0 Å². The van der Waals surface area contributed by atoms with Gasteiger partial charge in [0.05, 0.1) is 0 Å². The highest BCUT2D eigenvalue weighted by Gasteiger charge is 2.27. The lowest BCUT2D eigenvalue weighted by Crippen LogP contribution is -2.38. The molecule has 1 fully saturated rings. The molecule has 2 aromatic rings. The summed E-state index contributed by atoms with van der Waals surface area (Å²) in [7, 11) is -3.50. The Hall–Kier alpha value is -1.08. The van der Waals surface area contributed by atoms with Crippen LogP contribution in [0.2, 0.25) is 0 Å². The highest BCUT2D eigenvalue weighted by Crippen LogP contribution is 2.37. The van der Waals surface area contributed by atoms with Crippen LogP contribution in [0.1, 0.15) is 16.7 Å². The van der Waals surface area contributed by atoms with Crippen molar-refractivity contribution in [3.05, 3.63) is 60.0 Å². The average Bonchev–Trinajstić information content (AvgIpc) is 2.60. The van der Waals surface area contributed by atoms with E-state index < -0.39 is 10.0 Å². The monoisotopic (exact) mass is 392 g/mol. The molecule has 1 aliphatic heterocycles. The van der Waals surface area contributed by atoms with Gasteiger partial charge in [-0.2, -0.15) is 34.6 Å². The molecule has 6 heteroatoms. The summed E-state index contributed by atoms with van der Waals surface area (Å²) in [5.74, 6) is 1.70. The Labute approximate surface area is 159 Å². The molecule has 0 bridgehead atoms. The summed E-state index contributed by atoms with van der Waals surface area (Å²) in [5, 5.41) is 0. The fourth-order valence-electron chi connectivity index (χ4n) is 2.70. The van der Waals surface area contributed by atoms with Gasteiger partial charge in [0.25, 0.3) is 0 Å². The second kappa shape index (κ2) is 7.66. The van der Waals surface area contributed by atoms with E-state index in [1.54, 1.807) is 22.1 Å². The minimum Gasteiger partial charge on any atom is -0.208 e. The Morgan fingerprint density at radius 2 is 1.76 bits per heavy atom. The second-order valence-corrected chi connectivity index (χ2v) is 10.4. The Morgan fingerprint density at radius 3 is 2.48 bits per heavy atom. The lowest BCUT2D eigenvalue weighted by Gasteiger charge is -2.28. The highest BCUT2D eigenvalue weighted by atomic mass is 32.2. The van der Waals surface area contributed by atoms with Crippen LogP contribution >= 0.6 is 23.5 Å². The van der Waals surface area contributed by atoms with Gasteiger partial charge in [0.1, 0.15) is 0 Å². The molecule has 0 amide bonds. The molecule has 134 valence electrons. The molecule has 2 aromatic carbocycles. The normalized spacial score (nSPS) is 16.1. The summed E-state index contributed by atoms with van der Waals surface area (Å²) in [6.45, 7) is 9.16. The van der Waals surface area contributed by atoms with E-state index in [9.17, 15) is 8.42 Å². The summed E-state index contributed by atoms with van der Waals surface area (Å²) in [6.07, 6.45) is 0. The van der Waals surface area contributed by atoms with E-state index in [4.69, 9.17) is 0 Å². The van der Waals surface area contributed by atoms with Crippen LogP contribution in [0.4, 0.5) is 0 Å². The third-order valence-corrected chi connectivity index (χ3v) is 8.41. The van der Waals surface area contributed by atoms with E-state index in [0.717, 1.165) is 32.4 Å². The highest BCUT2D eigenvalue weighted by molar-refractivity contribution is 8.00. The van der Waals surface area contributed by atoms with Gasteiger partial charge >= 0.3 is 0 Å². The molecule has 0 aliphatic carbocycles. The van der Waals surface area contributed by atoms with Crippen molar-refractivity contribution < 1.29 is 8.42 Å². The third kappa shape index (κ3) is 4.19. The lowest BCUT2D eigenvalue weighted by atomic mass is 10.2. The van der Waals surface area contributed by atoms with Gasteiger partial charge < -0.3 is 0 Å². The van der Waals surface area contributed by atoms with E-state index in [-0.39, 0.29) is 0 Å². The molecule has 3 rings (SSSR count). The van der Waals surface area contributed by atoms with Gasteiger partial charge in [0.15, 0.2) is 0 Å². The molecular formula is C19H22NO2S3-. The van der Waals surface area contributed by atoms with Gasteiger partial charge in [-0.05, 0) is 31.0 Å². The molecule has 0 aromatic heterocycles. The quantitative estimate of drug-likeness (QED) is 0.724. The summed E-state index contributed by atoms with van der Waals surface area (Å²) >= 11 is 3.32. The van der Waals surface area contributed by atoms with Crippen molar-refractivity contribution in [2.75, 3.05) is 24.6 Å². The number of rotatable bonds is 4. The van der Waals surface area contributed by atoms with Crippen LogP contribution in [0, 0.1) is 20.8 Å². The molecule has 3 nitrogen and oxygen atoms in total. The zero-order valence-electron chi connectivity index (χ0n) is 14.5.